The van der Waals surface area contributed by atoms with Crippen molar-refractivity contribution < 1.29 is 9.47 Å². The summed E-state index contributed by atoms with van der Waals surface area (Å²) in [5, 5.41) is 3.58. The highest BCUT2D eigenvalue weighted by molar-refractivity contribution is 7.26. The first-order valence-corrected chi connectivity index (χ1v) is 9.53. The number of nitrogens with zero attached hydrogens (tertiary/aromatic N) is 1. The van der Waals surface area contributed by atoms with Gasteiger partial charge in [-0.3, -0.25) is 0 Å². The number of thiophene rings is 1. The molecule has 0 fully saturated rings. The molecule has 3 aromatic carbocycles. The molecule has 27 heavy (non-hydrogen) atoms. The number of rotatable bonds is 3. The average molecular weight is 371 g/mol. The second-order valence-corrected chi connectivity index (χ2v) is 7.43. The highest BCUT2D eigenvalue weighted by Gasteiger charge is 2.16. The molecule has 0 amide bonds. The number of fused-ring (bicyclic) bond motifs is 5. The van der Waals surface area contributed by atoms with Crippen LogP contribution in [-0.2, 0) is 0 Å². The molecule has 0 bridgehead atoms. The van der Waals surface area contributed by atoms with Gasteiger partial charge in [0.1, 0.15) is 11.5 Å². The standard InChI is InChI=1S/C23H17NO2S/c1-25-15-7-5-6-14(12-15)22-21-18-8-3-4-9-20(18)27-23(21)17-11-10-16(26-2)13-19(17)24-22/h3-13H,1-2H3. The fourth-order valence-electron chi connectivity index (χ4n) is 3.55. The average Bonchev–Trinajstić information content (AvgIpc) is 3.12. The lowest BCUT2D eigenvalue weighted by molar-refractivity contribution is 0.415. The van der Waals surface area contributed by atoms with Crippen LogP contribution in [0.15, 0.2) is 66.7 Å². The zero-order valence-electron chi connectivity index (χ0n) is 15.0. The summed E-state index contributed by atoms with van der Waals surface area (Å²) < 4.78 is 13.4. The van der Waals surface area contributed by atoms with E-state index in [0.717, 1.165) is 33.7 Å². The molecule has 0 radical (unpaired) electrons. The maximum absolute atomic E-state index is 5.44. The first-order chi connectivity index (χ1) is 13.3. The zero-order chi connectivity index (χ0) is 18.4. The highest BCUT2D eigenvalue weighted by atomic mass is 32.1. The van der Waals surface area contributed by atoms with Crippen LogP contribution in [-0.4, -0.2) is 19.2 Å². The van der Waals surface area contributed by atoms with E-state index in [1.807, 2.05) is 41.7 Å². The Hall–Kier alpha value is -3.11. The lowest BCUT2D eigenvalue weighted by Crippen LogP contribution is -1.90. The van der Waals surface area contributed by atoms with Gasteiger partial charge in [-0.15, -0.1) is 11.3 Å². The van der Waals surface area contributed by atoms with Crippen LogP contribution >= 0.6 is 11.3 Å². The molecular weight excluding hydrogens is 354 g/mol. The third-order valence-electron chi connectivity index (χ3n) is 4.86. The Morgan fingerprint density at radius 2 is 1.59 bits per heavy atom. The second-order valence-electron chi connectivity index (χ2n) is 6.38. The third kappa shape index (κ3) is 2.53. The van der Waals surface area contributed by atoms with Crippen molar-refractivity contribution in [3.63, 3.8) is 0 Å². The Kier molecular flexibility index (Phi) is 3.73. The van der Waals surface area contributed by atoms with Crippen molar-refractivity contribution >= 4 is 42.4 Å². The van der Waals surface area contributed by atoms with E-state index in [9.17, 15) is 0 Å². The number of aromatic nitrogens is 1. The first-order valence-electron chi connectivity index (χ1n) is 8.72. The molecule has 3 nitrogen and oxygen atoms in total. The largest absolute Gasteiger partial charge is 0.497 e. The zero-order valence-corrected chi connectivity index (χ0v) is 15.8. The van der Waals surface area contributed by atoms with Crippen LogP contribution in [0, 0.1) is 0 Å². The lowest BCUT2D eigenvalue weighted by Gasteiger charge is -2.10. The SMILES string of the molecule is COc1cccc(-c2nc3cc(OC)ccc3c3sc4ccccc4c23)c1. The summed E-state index contributed by atoms with van der Waals surface area (Å²) in [5.41, 5.74) is 2.96. The molecule has 132 valence electrons. The van der Waals surface area contributed by atoms with E-state index in [4.69, 9.17) is 14.5 Å². The van der Waals surface area contributed by atoms with Gasteiger partial charge in [0.05, 0.1) is 25.4 Å². The monoisotopic (exact) mass is 371 g/mol. The van der Waals surface area contributed by atoms with Gasteiger partial charge in [0, 0.05) is 37.2 Å². The molecule has 4 heteroatoms. The van der Waals surface area contributed by atoms with Gasteiger partial charge in [-0.25, -0.2) is 4.98 Å². The van der Waals surface area contributed by atoms with Crippen LogP contribution in [0.5, 0.6) is 11.5 Å². The molecule has 0 saturated heterocycles. The molecule has 0 unspecified atom stereocenters. The topological polar surface area (TPSA) is 31.4 Å². The molecule has 0 saturated carbocycles. The van der Waals surface area contributed by atoms with Gasteiger partial charge >= 0.3 is 0 Å². The lowest BCUT2D eigenvalue weighted by atomic mass is 10.0. The molecule has 0 spiro atoms. The van der Waals surface area contributed by atoms with Crippen LogP contribution in [0.25, 0.3) is 42.3 Å². The minimum absolute atomic E-state index is 0.812. The summed E-state index contributed by atoms with van der Waals surface area (Å²) in [6.07, 6.45) is 0. The molecule has 2 heterocycles. The van der Waals surface area contributed by atoms with Gasteiger partial charge in [0.2, 0.25) is 0 Å². The predicted octanol–water partition coefficient (Wildman–Crippen LogP) is 6.29. The van der Waals surface area contributed by atoms with Gasteiger partial charge in [-0.1, -0.05) is 30.3 Å². The Labute approximate surface area is 160 Å². The van der Waals surface area contributed by atoms with Crippen molar-refractivity contribution in [3.05, 3.63) is 66.7 Å². The minimum Gasteiger partial charge on any atom is -0.497 e. The fourth-order valence-corrected chi connectivity index (χ4v) is 4.79. The number of hydrogen-bond donors (Lipinski definition) is 0. The molecule has 5 aromatic rings. The highest BCUT2D eigenvalue weighted by Crippen LogP contribution is 2.43. The van der Waals surface area contributed by atoms with Gasteiger partial charge in [0.25, 0.3) is 0 Å². The van der Waals surface area contributed by atoms with Crippen molar-refractivity contribution in [1.82, 2.24) is 4.98 Å². The van der Waals surface area contributed by atoms with Crippen LogP contribution in [0.4, 0.5) is 0 Å². The van der Waals surface area contributed by atoms with E-state index in [1.54, 1.807) is 14.2 Å². The third-order valence-corrected chi connectivity index (χ3v) is 6.06. The van der Waals surface area contributed by atoms with Crippen molar-refractivity contribution in [2.45, 2.75) is 0 Å². The Morgan fingerprint density at radius 1 is 0.778 bits per heavy atom. The second kappa shape index (κ2) is 6.25. The van der Waals surface area contributed by atoms with Crippen LogP contribution in [0.3, 0.4) is 0 Å². The summed E-state index contributed by atoms with van der Waals surface area (Å²) >= 11 is 1.81. The molecule has 5 rings (SSSR count). The normalized spacial score (nSPS) is 11.3. The number of benzene rings is 3. The summed E-state index contributed by atoms with van der Waals surface area (Å²) in [6.45, 7) is 0. The van der Waals surface area contributed by atoms with Crippen molar-refractivity contribution in [1.29, 1.82) is 0 Å². The van der Waals surface area contributed by atoms with Crippen LogP contribution in [0.1, 0.15) is 0 Å². The van der Waals surface area contributed by atoms with E-state index in [1.165, 1.54) is 20.2 Å². The van der Waals surface area contributed by atoms with Gasteiger partial charge in [0.15, 0.2) is 0 Å². The number of hydrogen-bond acceptors (Lipinski definition) is 4. The van der Waals surface area contributed by atoms with Gasteiger partial charge < -0.3 is 9.47 Å². The van der Waals surface area contributed by atoms with E-state index in [0.29, 0.717) is 0 Å². The summed E-state index contributed by atoms with van der Waals surface area (Å²) in [4.78, 5) is 5.05. The maximum atomic E-state index is 5.44. The van der Waals surface area contributed by atoms with E-state index in [2.05, 4.69) is 36.4 Å². The molecule has 0 aliphatic rings. The van der Waals surface area contributed by atoms with Gasteiger partial charge in [-0.2, -0.15) is 0 Å². The molecule has 2 aromatic heterocycles. The minimum atomic E-state index is 0.812. The van der Waals surface area contributed by atoms with Crippen LogP contribution < -0.4 is 9.47 Å². The Bertz CT molecular complexity index is 1310. The number of ether oxygens (including phenoxy) is 2. The Morgan fingerprint density at radius 3 is 2.44 bits per heavy atom. The number of pyridine rings is 1. The summed E-state index contributed by atoms with van der Waals surface area (Å²) in [6, 6.07) is 22.7. The fraction of sp³-hybridized carbons (Fsp3) is 0.0870. The van der Waals surface area contributed by atoms with E-state index >= 15 is 0 Å². The van der Waals surface area contributed by atoms with Gasteiger partial charge in [-0.05, 0) is 30.3 Å². The molecule has 0 N–H and O–H groups in total. The molecular formula is C23H17NO2S. The van der Waals surface area contributed by atoms with Crippen molar-refractivity contribution in [3.8, 4) is 22.8 Å². The summed E-state index contributed by atoms with van der Waals surface area (Å²) in [5.74, 6) is 1.64. The quantitative estimate of drug-likeness (QED) is 0.374. The molecule has 0 atom stereocenters. The maximum Gasteiger partial charge on any atom is 0.121 e. The van der Waals surface area contributed by atoms with E-state index in [-0.39, 0.29) is 0 Å². The smallest absolute Gasteiger partial charge is 0.121 e. The van der Waals surface area contributed by atoms with Crippen LogP contribution in [0.2, 0.25) is 0 Å². The first kappa shape index (κ1) is 16.1. The molecule has 0 aliphatic heterocycles. The predicted molar refractivity (Wildman–Crippen MR) is 113 cm³/mol. The Balaban J connectivity index is 1.96. The molecule has 0 aliphatic carbocycles. The number of methoxy groups -OCH3 is 2. The summed E-state index contributed by atoms with van der Waals surface area (Å²) in [7, 11) is 3.37. The van der Waals surface area contributed by atoms with Crippen molar-refractivity contribution in [2.75, 3.05) is 14.2 Å². The van der Waals surface area contributed by atoms with E-state index < -0.39 is 0 Å². The van der Waals surface area contributed by atoms with Crippen molar-refractivity contribution in [2.24, 2.45) is 0 Å².